The minimum Gasteiger partial charge on any atom is -0.370 e. The number of rotatable bonds is 4. The van der Waals surface area contributed by atoms with E-state index in [1.807, 2.05) is 41.9 Å². The zero-order chi connectivity index (χ0) is 16.5. The Morgan fingerprint density at radius 2 is 2.38 bits per heavy atom. The Bertz CT molecular complexity index is 850. The number of nitrogens with one attached hydrogen (secondary N) is 2. The molecule has 2 atom stereocenters. The molecule has 24 heavy (non-hydrogen) atoms. The molecule has 0 saturated carbocycles. The van der Waals surface area contributed by atoms with Crippen LogP contribution in [0.25, 0.3) is 11.0 Å². The maximum absolute atomic E-state index is 12.4. The van der Waals surface area contributed by atoms with Crippen LogP contribution in [0, 0.1) is 0 Å². The number of carbonyl (C=O) groups is 1. The smallest absolute Gasteiger partial charge is 0.231 e. The van der Waals surface area contributed by atoms with Crippen molar-refractivity contribution in [2.45, 2.75) is 31.8 Å². The first kappa shape index (κ1) is 15.4. The first-order valence-electron chi connectivity index (χ1n) is 8.15. The number of nitrogens with zero attached hydrogens (tertiary/aromatic N) is 1. The SMILES string of the molecule is C[C@@H](C(=O)Nc1ccc2nc([C@@H]3CCCO3)[nH]c2c1)c1ccsc1. The molecule has 4 rings (SSSR count). The van der Waals surface area contributed by atoms with Gasteiger partial charge in [-0.25, -0.2) is 4.98 Å². The first-order chi connectivity index (χ1) is 11.7. The molecule has 1 aliphatic heterocycles. The molecule has 1 fully saturated rings. The zero-order valence-corrected chi connectivity index (χ0v) is 14.2. The van der Waals surface area contributed by atoms with Gasteiger partial charge in [-0.3, -0.25) is 4.79 Å². The third kappa shape index (κ3) is 2.95. The van der Waals surface area contributed by atoms with Crippen molar-refractivity contribution >= 4 is 34.0 Å². The molecule has 0 spiro atoms. The Morgan fingerprint density at radius 3 is 3.12 bits per heavy atom. The van der Waals surface area contributed by atoms with E-state index in [9.17, 15) is 4.79 Å². The summed E-state index contributed by atoms with van der Waals surface area (Å²) in [5.41, 5.74) is 3.63. The van der Waals surface area contributed by atoms with Gasteiger partial charge in [0.1, 0.15) is 11.9 Å². The van der Waals surface area contributed by atoms with Gasteiger partial charge >= 0.3 is 0 Å². The van der Waals surface area contributed by atoms with Crippen molar-refractivity contribution in [2.75, 3.05) is 11.9 Å². The fraction of sp³-hybridized carbons (Fsp3) is 0.333. The largest absolute Gasteiger partial charge is 0.370 e. The molecule has 0 bridgehead atoms. The highest BCUT2D eigenvalue weighted by Crippen LogP contribution is 2.29. The third-order valence-corrected chi connectivity index (χ3v) is 5.14. The lowest BCUT2D eigenvalue weighted by atomic mass is 10.0. The highest BCUT2D eigenvalue weighted by molar-refractivity contribution is 7.08. The Balaban J connectivity index is 1.53. The molecule has 124 valence electrons. The maximum Gasteiger partial charge on any atom is 0.231 e. The minimum atomic E-state index is -0.170. The number of ether oxygens (including phenoxy) is 1. The van der Waals surface area contributed by atoms with Crippen LogP contribution in [0.3, 0.4) is 0 Å². The number of thiophene rings is 1. The summed E-state index contributed by atoms with van der Waals surface area (Å²) >= 11 is 1.60. The van der Waals surface area contributed by atoms with Gasteiger partial charge in [-0.05, 0) is 60.4 Å². The van der Waals surface area contributed by atoms with Crippen molar-refractivity contribution in [3.8, 4) is 0 Å². The number of fused-ring (bicyclic) bond motifs is 1. The Morgan fingerprint density at radius 1 is 1.46 bits per heavy atom. The summed E-state index contributed by atoms with van der Waals surface area (Å²) in [5.74, 6) is 0.695. The van der Waals surface area contributed by atoms with Gasteiger partial charge < -0.3 is 15.0 Å². The molecule has 3 aromatic rings. The van der Waals surface area contributed by atoms with Crippen LogP contribution in [0.4, 0.5) is 5.69 Å². The standard InChI is InChI=1S/C18H19N3O2S/c1-11(12-6-8-24-10-12)18(22)19-13-4-5-14-15(9-13)21-17(20-14)16-3-2-7-23-16/h4-6,8-11,16H,2-3,7H2,1H3,(H,19,22)(H,20,21)/t11-,16+/m1/s1. The van der Waals surface area contributed by atoms with Gasteiger partial charge in [0.2, 0.25) is 5.91 Å². The predicted octanol–water partition coefficient (Wildman–Crippen LogP) is 4.22. The zero-order valence-electron chi connectivity index (χ0n) is 13.4. The molecule has 6 heteroatoms. The Hall–Kier alpha value is -2.18. The molecular weight excluding hydrogens is 322 g/mol. The van der Waals surface area contributed by atoms with E-state index in [1.54, 1.807) is 11.3 Å². The lowest BCUT2D eigenvalue weighted by molar-refractivity contribution is -0.117. The van der Waals surface area contributed by atoms with Crippen LogP contribution in [0.2, 0.25) is 0 Å². The van der Waals surface area contributed by atoms with E-state index in [2.05, 4.69) is 15.3 Å². The lowest BCUT2D eigenvalue weighted by Gasteiger charge is -2.10. The fourth-order valence-electron chi connectivity index (χ4n) is 2.98. The highest BCUT2D eigenvalue weighted by Gasteiger charge is 2.21. The van der Waals surface area contributed by atoms with Crippen molar-refractivity contribution in [2.24, 2.45) is 0 Å². The lowest BCUT2D eigenvalue weighted by Crippen LogP contribution is -2.18. The normalized spacial score (nSPS) is 18.8. The average Bonchev–Trinajstić information content (AvgIpc) is 3.32. The van der Waals surface area contributed by atoms with E-state index in [4.69, 9.17) is 4.74 Å². The molecular formula is C18H19N3O2S. The number of carbonyl (C=O) groups excluding carboxylic acids is 1. The predicted molar refractivity (Wildman–Crippen MR) is 95.4 cm³/mol. The number of hydrogen-bond donors (Lipinski definition) is 2. The first-order valence-corrected chi connectivity index (χ1v) is 9.09. The molecule has 0 aliphatic carbocycles. The monoisotopic (exact) mass is 341 g/mol. The minimum absolute atomic E-state index is 0.00776. The van der Waals surface area contributed by atoms with Crippen LogP contribution >= 0.6 is 11.3 Å². The number of hydrogen-bond acceptors (Lipinski definition) is 4. The molecule has 0 radical (unpaired) electrons. The summed E-state index contributed by atoms with van der Waals surface area (Å²) in [6.07, 6.45) is 2.14. The Labute approximate surface area is 144 Å². The second-order valence-corrected chi connectivity index (χ2v) is 6.90. The number of amides is 1. The molecule has 2 aromatic heterocycles. The molecule has 3 heterocycles. The Kier molecular flexibility index (Phi) is 4.08. The summed E-state index contributed by atoms with van der Waals surface area (Å²) in [7, 11) is 0. The number of aromatic nitrogens is 2. The highest BCUT2D eigenvalue weighted by atomic mass is 32.1. The van der Waals surface area contributed by atoms with Gasteiger partial charge in [-0.2, -0.15) is 11.3 Å². The number of H-pyrrole nitrogens is 1. The third-order valence-electron chi connectivity index (χ3n) is 4.44. The molecule has 1 saturated heterocycles. The van der Waals surface area contributed by atoms with Crippen LogP contribution in [0.15, 0.2) is 35.0 Å². The van der Waals surface area contributed by atoms with Gasteiger partial charge in [0.05, 0.1) is 17.0 Å². The molecule has 1 aliphatic rings. The van der Waals surface area contributed by atoms with Crippen molar-refractivity contribution in [1.29, 1.82) is 0 Å². The van der Waals surface area contributed by atoms with Crippen LogP contribution in [0.5, 0.6) is 0 Å². The van der Waals surface area contributed by atoms with Gasteiger partial charge in [0.25, 0.3) is 0 Å². The molecule has 2 N–H and O–H groups in total. The molecule has 0 unspecified atom stereocenters. The molecule has 1 aromatic carbocycles. The van der Waals surface area contributed by atoms with Gasteiger partial charge in [-0.1, -0.05) is 0 Å². The molecule has 5 nitrogen and oxygen atoms in total. The van der Waals surface area contributed by atoms with E-state index in [0.717, 1.165) is 47.6 Å². The van der Waals surface area contributed by atoms with E-state index >= 15 is 0 Å². The fourth-order valence-corrected chi connectivity index (χ4v) is 3.73. The summed E-state index contributed by atoms with van der Waals surface area (Å²) in [5, 5.41) is 6.99. The van der Waals surface area contributed by atoms with Gasteiger partial charge in [-0.15, -0.1) is 0 Å². The number of benzene rings is 1. The van der Waals surface area contributed by atoms with Crippen LogP contribution < -0.4 is 5.32 Å². The van der Waals surface area contributed by atoms with Crippen LogP contribution in [-0.2, 0) is 9.53 Å². The summed E-state index contributed by atoms with van der Waals surface area (Å²) in [4.78, 5) is 20.3. The van der Waals surface area contributed by atoms with Crippen molar-refractivity contribution in [3.05, 3.63) is 46.4 Å². The summed E-state index contributed by atoms with van der Waals surface area (Å²) < 4.78 is 5.67. The quantitative estimate of drug-likeness (QED) is 0.747. The number of anilines is 1. The maximum atomic E-state index is 12.4. The summed E-state index contributed by atoms with van der Waals surface area (Å²) in [6.45, 7) is 2.71. The number of imidazole rings is 1. The van der Waals surface area contributed by atoms with Crippen molar-refractivity contribution < 1.29 is 9.53 Å². The summed E-state index contributed by atoms with van der Waals surface area (Å²) in [6, 6.07) is 7.73. The van der Waals surface area contributed by atoms with E-state index in [0.29, 0.717) is 0 Å². The van der Waals surface area contributed by atoms with Crippen LogP contribution in [0.1, 0.15) is 43.2 Å². The van der Waals surface area contributed by atoms with E-state index < -0.39 is 0 Å². The van der Waals surface area contributed by atoms with Gasteiger partial charge in [0.15, 0.2) is 0 Å². The second-order valence-electron chi connectivity index (χ2n) is 6.12. The van der Waals surface area contributed by atoms with E-state index in [1.165, 1.54) is 0 Å². The second kappa shape index (κ2) is 6.37. The average molecular weight is 341 g/mol. The van der Waals surface area contributed by atoms with Crippen molar-refractivity contribution in [3.63, 3.8) is 0 Å². The van der Waals surface area contributed by atoms with Crippen molar-refractivity contribution in [1.82, 2.24) is 9.97 Å². The van der Waals surface area contributed by atoms with E-state index in [-0.39, 0.29) is 17.9 Å². The van der Waals surface area contributed by atoms with Crippen LogP contribution in [-0.4, -0.2) is 22.5 Å². The molecule has 1 amide bonds. The topological polar surface area (TPSA) is 67.0 Å². The number of aromatic amines is 1. The van der Waals surface area contributed by atoms with Gasteiger partial charge in [0, 0.05) is 12.3 Å².